The van der Waals surface area contributed by atoms with Crippen LogP contribution < -0.4 is 5.46 Å². The molecule has 0 bridgehead atoms. The van der Waals surface area contributed by atoms with Crippen LogP contribution in [0.15, 0.2) is 29.4 Å². The van der Waals surface area contributed by atoms with Crippen LogP contribution in [-0.4, -0.2) is 37.4 Å². The zero-order valence-electron chi connectivity index (χ0n) is 9.19. The van der Waals surface area contributed by atoms with Gasteiger partial charge in [-0.05, 0) is 21.5 Å². The smallest absolute Gasteiger partial charge is 0.423 e. The van der Waals surface area contributed by atoms with Gasteiger partial charge in [-0.2, -0.15) is 0 Å². The Morgan fingerprint density at radius 1 is 1.41 bits per heavy atom. The molecular formula is C9H11BN4O2S. The lowest BCUT2D eigenvalue weighted by Crippen LogP contribution is -2.29. The molecule has 0 aliphatic carbocycles. The van der Waals surface area contributed by atoms with Crippen molar-refractivity contribution in [3.8, 4) is 0 Å². The van der Waals surface area contributed by atoms with Crippen LogP contribution >= 0.6 is 11.8 Å². The monoisotopic (exact) mass is 250 g/mol. The number of aryl methyl sites for hydroxylation is 1. The number of aromatic nitrogens is 4. The van der Waals surface area contributed by atoms with Crippen molar-refractivity contribution in [2.24, 2.45) is 7.05 Å². The first-order valence-electron chi connectivity index (χ1n) is 4.97. The number of rotatable bonds is 4. The van der Waals surface area contributed by atoms with E-state index < -0.39 is 7.12 Å². The fourth-order valence-electron chi connectivity index (χ4n) is 1.33. The number of hydrogen-bond donors (Lipinski definition) is 2. The van der Waals surface area contributed by atoms with E-state index in [2.05, 4.69) is 15.5 Å². The summed E-state index contributed by atoms with van der Waals surface area (Å²) >= 11 is 1.49. The van der Waals surface area contributed by atoms with Gasteiger partial charge in [0.15, 0.2) is 0 Å². The minimum Gasteiger partial charge on any atom is -0.423 e. The van der Waals surface area contributed by atoms with Crippen molar-refractivity contribution < 1.29 is 10.0 Å². The van der Waals surface area contributed by atoms with Crippen molar-refractivity contribution in [2.45, 2.75) is 10.9 Å². The quantitative estimate of drug-likeness (QED) is 0.545. The molecule has 17 heavy (non-hydrogen) atoms. The molecule has 2 aromatic rings. The molecule has 0 saturated carbocycles. The Labute approximate surface area is 103 Å². The standard InChI is InChI=1S/C9H11BN4O2S/c1-14-9(11-12-13-14)17-6-7-3-2-4-8(5-7)10(15)16/h2-5,15-16H,6H2,1H3. The molecule has 1 heterocycles. The summed E-state index contributed by atoms with van der Waals surface area (Å²) in [4.78, 5) is 0. The van der Waals surface area contributed by atoms with Gasteiger partial charge in [0.1, 0.15) is 0 Å². The molecule has 0 radical (unpaired) electrons. The van der Waals surface area contributed by atoms with Gasteiger partial charge in [-0.1, -0.05) is 36.0 Å². The first kappa shape index (κ1) is 12.1. The lowest BCUT2D eigenvalue weighted by Gasteiger charge is -2.03. The summed E-state index contributed by atoms with van der Waals surface area (Å²) in [6, 6.07) is 7.13. The highest BCUT2D eigenvalue weighted by atomic mass is 32.2. The molecule has 0 amide bonds. The molecule has 0 aliphatic rings. The molecule has 2 rings (SSSR count). The predicted molar refractivity (Wildman–Crippen MR) is 64.6 cm³/mol. The molecule has 1 aromatic heterocycles. The summed E-state index contributed by atoms with van der Waals surface area (Å²) in [6.45, 7) is 0. The summed E-state index contributed by atoms with van der Waals surface area (Å²) in [5.41, 5.74) is 1.47. The second-order valence-electron chi connectivity index (χ2n) is 3.49. The number of nitrogens with zero attached hydrogens (tertiary/aromatic N) is 4. The second-order valence-corrected chi connectivity index (χ2v) is 4.43. The van der Waals surface area contributed by atoms with Crippen molar-refractivity contribution >= 4 is 24.3 Å². The van der Waals surface area contributed by atoms with Crippen LogP contribution in [-0.2, 0) is 12.8 Å². The Bertz CT molecular complexity index is 505. The molecule has 6 nitrogen and oxygen atoms in total. The van der Waals surface area contributed by atoms with Gasteiger partial charge in [0.2, 0.25) is 5.16 Å². The largest absolute Gasteiger partial charge is 0.488 e. The molecule has 0 unspecified atom stereocenters. The molecule has 2 N–H and O–H groups in total. The van der Waals surface area contributed by atoms with Crippen molar-refractivity contribution in [2.75, 3.05) is 0 Å². The Morgan fingerprint density at radius 2 is 2.24 bits per heavy atom. The number of tetrazole rings is 1. The highest BCUT2D eigenvalue weighted by molar-refractivity contribution is 7.98. The minimum atomic E-state index is -1.43. The van der Waals surface area contributed by atoms with E-state index in [-0.39, 0.29) is 0 Å². The Balaban J connectivity index is 2.04. The van der Waals surface area contributed by atoms with Gasteiger partial charge in [-0.3, -0.25) is 0 Å². The van der Waals surface area contributed by atoms with Crippen LogP contribution in [0.25, 0.3) is 0 Å². The molecule has 0 atom stereocenters. The van der Waals surface area contributed by atoms with Crippen LogP contribution in [0.3, 0.4) is 0 Å². The third-order valence-electron chi connectivity index (χ3n) is 2.20. The second kappa shape index (κ2) is 5.30. The average molecular weight is 250 g/mol. The summed E-state index contributed by atoms with van der Waals surface area (Å²) in [5.74, 6) is 0.675. The normalized spacial score (nSPS) is 10.5. The average Bonchev–Trinajstić information content (AvgIpc) is 2.72. The molecular weight excluding hydrogens is 239 g/mol. The zero-order chi connectivity index (χ0) is 12.3. The Morgan fingerprint density at radius 3 is 2.88 bits per heavy atom. The molecule has 0 spiro atoms. The van der Waals surface area contributed by atoms with E-state index in [9.17, 15) is 0 Å². The number of hydrogen-bond acceptors (Lipinski definition) is 6. The SMILES string of the molecule is Cn1nnnc1SCc1cccc(B(O)O)c1. The minimum absolute atomic E-state index is 0.485. The lowest BCUT2D eigenvalue weighted by atomic mass is 9.80. The van der Waals surface area contributed by atoms with E-state index >= 15 is 0 Å². The van der Waals surface area contributed by atoms with Crippen LogP contribution in [0.2, 0.25) is 0 Å². The van der Waals surface area contributed by atoms with Crippen molar-refractivity contribution in [1.82, 2.24) is 20.2 Å². The molecule has 0 fully saturated rings. The third kappa shape index (κ3) is 3.05. The highest BCUT2D eigenvalue weighted by Gasteiger charge is 2.11. The van der Waals surface area contributed by atoms with E-state index in [1.165, 1.54) is 11.8 Å². The summed E-state index contributed by atoms with van der Waals surface area (Å²) in [5, 5.41) is 30.0. The Kier molecular flexibility index (Phi) is 3.77. The van der Waals surface area contributed by atoms with E-state index in [4.69, 9.17) is 10.0 Å². The third-order valence-corrected chi connectivity index (χ3v) is 3.28. The maximum atomic E-state index is 9.06. The van der Waals surface area contributed by atoms with Gasteiger partial charge in [-0.25, -0.2) is 4.68 Å². The molecule has 0 aliphatic heterocycles. The maximum Gasteiger partial charge on any atom is 0.488 e. The summed E-state index contributed by atoms with van der Waals surface area (Å²) < 4.78 is 1.59. The van der Waals surface area contributed by atoms with Crippen molar-refractivity contribution in [3.63, 3.8) is 0 Å². The molecule has 1 aromatic carbocycles. The van der Waals surface area contributed by atoms with E-state index in [1.54, 1.807) is 29.9 Å². The van der Waals surface area contributed by atoms with E-state index in [0.717, 1.165) is 10.7 Å². The lowest BCUT2D eigenvalue weighted by molar-refractivity contribution is 0.425. The van der Waals surface area contributed by atoms with Crippen molar-refractivity contribution in [1.29, 1.82) is 0 Å². The molecule has 88 valence electrons. The van der Waals surface area contributed by atoms with Crippen LogP contribution in [0.5, 0.6) is 0 Å². The molecule has 0 saturated heterocycles. The maximum absolute atomic E-state index is 9.06. The van der Waals surface area contributed by atoms with Gasteiger partial charge in [-0.15, -0.1) is 5.10 Å². The topological polar surface area (TPSA) is 84.1 Å². The number of thioether (sulfide) groups is 1. The van der Waals surface area contributed by atoms with E-state index in [1.807, 2.05) is 6.07 Å². The Hall–Kier alpha value is -1.38. The highest BCUT2D eigenvalue weighted by Crippen LogP contribution is 2.18. The van der Waals surface area contributed by atoms with Gasteiger partial charge in [0.05, 0.1) is 0 Å². The summed E-state index contributed by atoms with van der Waals surface area (Å²) in [6.07, 6.45) is 0. The van der Waals surface area contributed by atoms with Crippen LogP contribution in [0.1, 0.15) is 5.56 Å². The molecule has 8 heteroatoms. The van der Waals surface area contributed by atoms with Gasteiger partial charge < -0.3 is 10.0 Å². The zero-order valence-corrected chi connectivity index (χ0v) is 10.0. The first-order chi connectivity index (χ1) is 8.16. The summed E-state index contributed by atoms with van der Waals surface area (Å²) in [7, 11) is 0.340. The van der Waals surface area contributed by atoms with Crippen LogP contribution in [0.4, 0.5) is 0 Å². The van der Waals surface area contributed by atoms with Crippen LogP contribution in [0, 0.1) is 0 Å². The van der Waals surface area contributed by atoms with Gasteiger partial charge >= 0.3 is 7.12 Å². The first-order valence-corrected chi connectivity index (χ1v) is 5.95. The van der Waals surface area contributed by atoms with Gasteiger partial charge in [0.25, 0.3) is 0 Å². The van der Waals surface area contributed by atoms with Crippen molar-refractivity contribution in [3.05, 3.63) is 29.8 Å². The number of benzene rings is 1. The fraction of sp³-hybridized carbons (Fsp3) is 0.222. The predicted octanol–water partition coefficient (Wildman–Crippen LogP) is -0.818. The van der Waals surface area contributed by atoms with Gasteiger partial charge in [0, 0.05) is 12.8 Å². The van der Waals surface area contributed by atoms with E-state index in [0.29, 0.717) is 11.2 Å². The fourth-order valence-corrected chi connectivity index (χ4v) is 2.13.